The van der Waals surface area contributed by atoms with Crippen LogP contribution in [0.2, 0.25) is 0 Å². The Morgan fingerprint density at radius 2 is 1.46 bits per heavy atom. The standard InChI is InChI=1S/C31H25N5O3S2/c1-21-17-18-22(2)29(19-21)41(38,39)36-27-20-28(30(37)26-16-10-9-15-25(26)27)40-31(34-32-23-11-5-3-6-12-23)35-33-24-13-7-4-8-14-24/h3-20,32H,1-2H3/b34-31-,35-33?,36-27-. The van der Waals surface area contributed by atoms with Gasteiger partial charge in [-0.3, -0.25) is 10.2 Å². The van der Waals surface area contributed by atoms with E-state index >= 15 is 0 Å². The van der Waals surface area contributed by atoms with Crippen molar-refractivity contribution in [1.82, 2.24) is 0 Å². The first kappa shape index (κ1) is 27.9. The highest BCUT2D eigenvalue weighted by molar-refractivity contribution is 8.18. The van der Waals surface area contributed by atoms with Crippen LogP contribution < -0.4 is 5.43 Å². The molecule has 5 rings (SSSR count). The summed E-state index contributed by atoms with van der Waals surface area (Å²) in [6.07, 6.45) is 1.47. The zero-order valence-electron chi connectivity index (χ0n) is 22.2. The predicted octanol–water partition coefficient (Wildman–Crippen LogP) is 7.46. The third kappa shape index (κ3) is 6.74. The highest BCUT2D eigenvalue weighted by Gasteiger charge is 2.28. The molecule has 4 aromatic rings. The molecule has 0 atom stereocenters. The number of para-hydroxylation sites is 1. The van der Waals surface area contributed by atoms with Crippen LogP contribution in [0.1, 0.15) is 27.0 Å². The number of Topliss-reactive ketones (excluding diaryl/α,β-unsaturated/α-hetero) is 1. The van der Waals surface area contributed by atoms with Gasteiger partial charge in [-0.15, -0.1) is 15.3 Å². The van der Waals surface area contributed by atoms with E-state index in [4.69, 9.17) is 0 Å². The number of allylic oxidation sites excluding steroid dienone is 2. The third-order valence-corrected chi connectivity index (χ3v) is 8.35. The zero-order valence-corrected chi connectivity index (χ0v) is 23.9. The van der Waals surface area contributed by atoms with Gasteiger partial charge in [-0.1, -0.05) is 72.8 Å². The minimum atomic E-state index is -4.08. The Labute approximate surface area is 242 Å². The molecule has 10 heteroatoms. The maximum Gasteiger partial charge on any atom is 0.283 e. The summed E-state index contributed by atoms with van der Waals surface area (Å²) in [6, 6.07) is 30.4. The number of carbonyl (C=O) groups is 1. The van der Waals surface area contributed by atoms with Crippen molar-refractivity contribution in [2.24, 2.45) is 19.7 Å². The molecule has 0 aliphatic heterocycles. The van der Waals surface area contributed by atoms with Gasteiger partial charge >= 0.3 is 0 Å². The van der Waals surface area contributed by atoms with Crippen molar-refractivity contribution >= 4 is 49.8 Å². The number of azo groups is 1. The number of thioether (sulfide) groups is 1. The maximum atomic E-state index is 13.5. The molecule has 0 radical (unpaired) electrons. The molecule has 1 aliphatic carbocycles. The molecular formula is C31H25N5O3S2. The van der Waals surface area contributed by atoms with E-state index in [9.17, 15) is 13.2 Å². The fraction of sp³-hybridized carbons (Fsp3) is 0.0645. The van der Waals surface area contributed by atoms with Gasteiger partial charge in [-0.2, -0.15) is 12.8 Å². The summed E-state index contributed by atoms with van der Waals surface area (Å²) in [6.45, 7) is 3.55. The maximum absolute atomic E-state index is 13.5. The number of hydrogen-bond acceptors (Lipinski definition) is 7. The van der Waals surface area contributed by atoms with E-state index in [1.807, 2.05) is 61.5 Å². The summed E-state index contributed by atoms with van der Waals surface area (Å²) >= 11 is 0.970. The normalized spacial score (nSPS) is 14.7. The lowest BCUT2D eigenvalue weighted by Crippen LogP contribution is -2.18. The Kier molecular flexibility index (Phi) is 8.32. The second kappa shape index (κ2) is 12.2. The van der Waals surface area contributed by atoms with Gasteiger partial charge in [0.2, 0.25) is 11.0 Å². The average molecular weight is 580 g/mol. The SMILES string of the molecule is Cc1ccc(C)c(S(=O)(=O)/N=C2/C=C(S/C(N=Nc3ccccc3)=N\Nc3ccccc3)C(=O)c3ccccc32)c1. The molecule has 1 N–H and O–H groups in total. The van der Waals surface area contributed by atoms with Crippen LogP contribution in [0, 0.1) is 13.8 Å². The monoisotopic (exact) mass is 579 g/mol. The number of anilines is 1. The largest absolute Gasteiger partial charge is 0.288 e. The molecule has 41 heavy (non-hydrogen) atoms. The Morgan fingerprint density at radius 1 is 0.805 bits per heavy atom. The van der Waals surface area contributed by atoms with Crippen LogP contribution in [0.25, 0.3) is 0 Å². The first-order valence-corrected chi connectivity index (χ1v) is 14.9. The van der Waals surface area contributed by atoms with Crippen molar-refractivity contribution in [1.29, 1.82) is 0 Å². The number of hydrazone groups is 1. The molecular weight excluding hydrogens is 555 g/mol. The van der Waals surface area contributed by atoms with Gasteiger partial charge in [0.05, 0.1) is 26.9 Å². The van der Waals surface area contributed by atoms with E-state index in [2.05, 4.69) is 25.2 Å². The number of sulfonamides is 1. The number of aryl methyl sites for hydroxylation is 2. The Balaban J connectivity index is 1.56. The Morgan fingerprint density at radius 3 is 2.20 bits per heavy atom. The summed E-state index contributed by atoms with van der Waals surface area (Å²) in [4.78, 5) is 13.9. The second-order valence-corrected chi connectivity index (χ2v) is 11.7. The fourth-order valence-corrected chi connectivity index (χ4v) is 6.06. The van der Waals surface area contributed by atoms with E-state index in [1.165, 1.54) is 6.08 Å². The number of nitrogens with one attached hydrogen (secondary N) is 1. The molecule has 0 heterocycles. The zero-order chi connectivity index (χ0) is 28.8. The number of benzene rings is 4. The van der Waals surface area contributed by atoms with Gasteiger partial charge in [-0.25, -0.2) is 0 Å². The van der Waals surface area contributed by atoms with Crippen LogP contribution in [-0.2, 0) is 10.0 Å². The highest BCUT2D eigenvalue weighted by Crippen LogP contribution is 2.32. The first-order chi connectivity index (χ1) is 19.8. The van der Waals surface area contributed by atoms with Gasteiger partial charge < -0.3 is 0 Å². The van der Waals surface area contributed by atoms with Gasteiger partial charge in [0.1, 0.15) is 0 Å². The summed E-state index contributed by atoms with van der Waals surface area (Å²) in [5.41, 5.74) is 6.57. The van der Waals surface area contributed by atoms with Crippen LogP contribution in [0.4, 0.5) is 11.4 Å². The van der Waals surface area contributed by atoms with Gasteiger partial charge in [0, 0.05) is 11.1 Å². The number of carbonyl (C=O) groups excluding carboxylic acids is 1. The Hall–Kier alpha value is -4.67. The molecule has 0 aromatic heterocycles. The van der Waals surface area contributed by atoms with Gasteiger partial charge in [-0.05, 0) is 73.1 Å². The van der Waals surface area contributed by atoms with Crippen molar-refractivity contribution in [2.45, 2.75) is 18.7 Å². The summed E-state index contributed by atoms with van der Waals surface area (Å²) in [5.74, 6) is -0.295. The van der Waals surface area contributed by atoms with E-state index in [1.54, 1.807) is 55.5 Å². The summed E-state index contributed by atoms with van der Waals surface area (Å²) in [7, 11) is -4.08. The van der Waals surface area contributed by atoms with Crippen molar-refractivity contribution in [2.75, 3.05) is 5.43 Å². The van der Waals surface area contributed by atoms with Crippen LogP contribution in [0.3, 0.4) is 0 Å². The second-order valence-electron chi connectivity index (χ2n) is 9.11. The average Bonchev–Trinajstić information content (AvgIpc) is 2.99. The molecule has 0 fully saturated rings. The molecule has 0 spiro atoms. The molecule has 0 bridgehead atoms. The summed E-state index contributed by atoms with van der Waals surface area (Å²) < 4.78 is 31.1. The topological polar surface area (TPSA) is 113 Å². The van der Waals surface area contributed by atoms with Crippen LogP contribution in [0.5, 0.6) is 0 Å². The molecule has 0 amide bonds. The van der Waals surface area contributed by atoms with E-state index in [-0.39, 0.29) is 26.5 Å². The third-order valence-electron chi connectivity index (χ3n) is 6.04. The fourth-order valence-electron chi connectivity index (χ4n) is 4.00. The predicted molar refractivity (Wildman–Crippen MR) is 165 cm³/mol. The molecule has 0 unspecified atom stereocenters. The number of rotatable bonds is 6. The first-order valence-electron chi connectivity index (χ1n) is 12.6. The van der Waals surface area contributed by atoms with Gasteiger partial charge in [0.25, 0.3) is 10.0 Å². The highest BCUT2D eigenvalue weighted by atomic mass is 32.2. The smallest absolute Gasteiger partial charge is 0.283 e. The molecule has 4 aromatic carbocycles. The molecule has 0 saturated heterocycles. The van der Waals surface area contributed by atoms with Gasteiger partial charge in [0.15, 0.2) is 0 Å². The number of hydrogen-bond donors (Lipinski definition) is 1. The minimum absolute atomic E-state index is 0.118. The Bertz CT molecular complexity index is 1830. The van der Waals surface area contributed by atoms with Crippen LogP contribution in [-0.4, -0.2) is 25.1 Å². The van der Waals surface area contributed by atoms with Crippen molar-refractivity contribution in [3.8, 4) is 0 Å². The lowest BCUT2D eigenvalue weighted by Gasteiger charge is -2.17. The van der Waals surface area contributed by atoms with E-state index in [0.717, 1.165) is 23.0 Å². The van der Waals surface area contributed by atoms with Crippen molar-refractivity contribution in [3.05, 3.63) is 136 Å². The van der Waals surface area contributed by atoms with Crippen LogP contribution >= 0.6 is 11.8 Å². The molecule has 204 valence electrons. The molecule has 1 aliphatic rings. The van der Waals surface area contributed by atoms with Crippen molar-refractivity contribution < 1.29 is 13.2 Å². The van der Waals surface area contributed by atoms with Crippen molar-refractivity contribution in [3.63, 3.8) is 0 Å². The minimum Gasteiger partial charge on any atom is -0.288 e. The quantitative estimate of drug-likeness (QED) is 0.110. The number of nitrogens with zero attached hydrogens (tertiary/aromatic N) is 4. The number of fused-ring (bicyclic) bond motifs is 1. The summed E-state index contributed by atoms with van der Waals surface area (Å²) in [5, 5.41) is 13.1. The lowest BCUT2D eigenvalue weighted by molar-refractivity contribution is 0.104. The van der Waals surface area contributed by atoms with E-state index in [0.29, 0.717) is 22.4 Å². The lowest BCUT2D eigenvalue weighted by atomic mass is 9.94. The van der Waals surface area contributed by atoms with E-state index < -0.39 is 10.0 Å². The number of ketones is 1. The molecule has 8 nitrogen and oxygen atoms in total. The molecule has 0 saturated carbocycles. The van der Waals surface area contributed by atoms with Crippen LogP contribution in [0.15, 0.2) is 139 Å². The number of amidine groups is 1.